The molecule has 1 heterocycles. The summed E-state index contributed by atoms with van der Waals surface area (Å²) in [4.78, 5) is 16.1. The predicted molar refractivity (Wildman–Crippen MR) is 69.6 cm³/mol. The molecule has 1 aromatic carbocycles. The van der Waals surface area contributed by atoms with E-state index in [-0.39, 0.29) is 18.5 Å². The third-order valence-electron chi connectivity index (χ3n) is 2.31. The number of aliphatic hydroxyl groups is 1. The van der Waals surface area contributed by atoms with E-state index in [9.17, 15) is 4.79 Å². The second kappa shape index (κ2) is 5.85. The molecule has 5 heteroatoms. The minimum atomic E-state index is -0.357. The van der Waals surface area contributed by atoms with Crippen LogP contribution in [0.4, 0.5) is 6.01 Å². The van der Waals surface area contributed by atoms with Crippen LogP contribution >= 0.6 is 0 Å². The molecular weight excluding hydrogens is 244 g/mol. The van der Waals surface area contributed by atoms with Crippen molar-refractivity contribution in [3.05, 3.63) is 47.3 Å². The Morgan fingerprint density at radius 3 is 2.95 bits per heavy atom. The van der Waals surface area contributed by atoms with E-state index in [4.69, 9.17) is 9.52 Å². The Morgan fingerprint density at radius 1 is 1.47 bits per heavy atom. The lowest BCUT2D eigenvalue weighted by molar-refractivity contribution is 0.102. The number of nitrogens with zero attached hydrogens (tertiary/aromatic N) is 1. The molecule has 0 saturated carbocycles. The number of carbonyl (C=O) groups excluding carboxylic acids is 1. The number of rotatable bonds is 2. The van der Waals surface area contributed by atoms with Gasteiger partial charge in [0.2, 0.25) is 0 Å². The van der Waals surface area contributed by atoms with Gasteiger partial charge in [-0.3, -0.25) is 10.1 Å². The molecule has 0 unspecified atom stereocenters. The zero-order chi connectivity index (χ0) is 13.7. The number of anilines is 1. The van der Waals surface area contributed by atoms with Gasteiger partial charge in [0.25, 0.3) is 5.91 Å². The molecule has 0 aliphatic heterocycles. The number of nitrogens with one attached hydrogen (secondary N) is 1. The minimum Gasteiger partial charge on any atom is -0.432 e. The van der Waals surface area contributed by atoms with Crippen LogP contribution < -0.4 is 5.32 Å². The van der Waals surface area contributed by atoms with Gasteiger partial charge in [-0.1, -0.05) is 24.0 Å². The lowest BCUT2D eigenvalue weighted by Gasteiger charge is -2.03. The van der Waals surface area contributed by atoms with Crippen molar-refractivity contribution in [2.24, 2.45) is 0 Å². The quantitative estimate of drug-likeness (QED) is 0.800. The normalized spacial score (nSPS) is 9.58. The van der Waals surface area contributed by atoms with Gasteiger partial charge in [-0.2, -0.15) is 4.98 Å². The van der Waals surface area contributed by atoms with Crippen LogP contribution in [0.3, 0.4) is 0 Å². The number of carbonyl (C=O) groups is 1. The smallest absolute Gasteiger partial charge is 0.301 e. The topological polar surface area (TPSA) is 75.4 Å². The highest BCUT2D eigenvalue weighted by Gasteiger charge is 2.12. The Balaban J connectivity index is 2.23. The van der Waals surface area contributed by atoms with Crippen molar-refractivity contribution in [1.82, 2.24) is 4.98 Å². The summed E-state index contributed by atoms with van der Waals surface area (Å²) in [5.41, 5.74) is 1.63. The fraction of sp³-hybridized carbons (Fsp3) is 0.143. The van der Waals surface area contributed by atoms with E-state index in [1.165, 1.54) is 6.26 Å². The molecule has 0 bridgehead atoms. The van der Waals surface area contributed by atoms with Crippen molar-refractivity contribution in [3.8, 4) is 11.8 Å². The molecule has 2 aromatic rings. The molecule has 0 spiro atoms. The van der Waals surface area contributed by atoms with Gasteiger partial charge in [-0.25, -0.2) is 0 Å². The minimum absolute atomic E-state index is 0.146. The molecule has 19 heavy (non-hydrogen) atoms. The van der Waals surface area contributed by atoms with Gasteiger partial charge in [-0.15, -0.1) is 0 Å². The molecule has 0 fully saturated rings. The summed E-state index contributed by atoms with van der Waals surface area (Å²) in [7, 11) is 0. The first-order valence-electron chi connectivity index (χ1n) is 5.63. The highest BCUT2D eigenvalue weighted by molar-refractivity contribution is 6.04. The van der Waals surface area contributed by atoms with E-state index in [1.807, 2.05) is 0 Å². The van der Waals surface area contributed by atoms with Crippen LogP contribution in [0.25, 0.3) is 0 Å². The highest BCUT2D eigenvalue weighted by Crippen LogP contribution is 2.12. The molecule has 96 valence electrons. The van der Waals surface area contributed by atoms with Crippen LogP contribution in [-0.4, -0.2) is 22.6 Å². The van der Waals surface area contributed by atoms with Gasteiger partial charge >= 0.3 is 6.01 Å². The molecule has 0 atom stereocenters. The molecule has 0 saturated heterocycles. The first kappa shape index (κ1) is 12.9. The number of hydrogen-bond donors (Lipinski definition) is 2. The zero-order valence-corrected chi connectivity index (χ0v) is 10.3. The van der Waals surface area contributed by atoms with E-state index < -0.39 is 0 Å². The SMILES string of the molecule is Cc1coc(NC(=O)c2ccccc2C#CCO)n1. The maximum absolute atomic E-state index is 12.1. The Hall–Kier alpha value is -2.58. The van der Waals surface area contributed by atoms with Crippen molar-refractivity contribution in [2.45, 2.75) is 6.92 Å². The Kier molecular flexibility index (Phi) is 3.96. The van der Waals surface area contributed by atoms with Crippen LogP contribution in [0.1, 0.15) is 21.6 Å². The van der Waals surface area contributed by atoms with Crippen molar-refractivity contribution in [3.63, 3.8) is 0 Å². The third-order valence-corrected chi connectivity index (χ3v) is 2.31. The predicted octanol–water partition coefficient (Wildman–Crippen LogP) is 1.58. The second-order valence-electron chi connectivity index (χ2n) is 3.75. The molecular formula is C14H12N2O3. The lowest BCUT2D eigenvalue weighted by atomic mass is 10.1. The van der Waals surface area contributed by atoms with Crippen LogP contribution in [-0.2, 0) is 0 Å². The Labute approximate surface area is 110 Å². The average Bonchev–Trinajstić information content (AvgIpc) is 2.82. The van der Waals surface area contributed by atoms with E-state index in [2.05, 4.69) is 22.1 Å². The highest BCUT2D eigenvalue weighted by atomic mass is 16.4. The molecule has 2 rings (SSSR count). The summed E-state index contributed by atoms with van der Waals surface area (Å²) in [6, 6.07) is 7.01. The van der Waals surface area contributed by atoms with Gasteiger partial charge in [0.05, 0.1) is 11.3 Å². The Morgan fingerprint density at radius 2 is 2.26 bits per heavy atom. The first-order valence-corrected chi connectivity index (χ1v) is 5.63. The van der Waals surface area contributed by atoms with Gasteiger partial charge < -0.3 is 9.52 Å². The van der Waals surface area contributed by atoms with Crippen molar-refractivity contribution in [1.29, 1.82) is 0 Å². The molecule has 0 aliphatic carbocycles. The summed E-state index contributed by atoms with van der Waals surface area (Å²) in [5.74, 6) is 4.88. The monoisotopic (exact) mass is 256 g/mol. The molecule has 2 N–H and O–H groups in total. The number of amides is 1. The summed E-state index contributed by atoms with van der Waals surface area (Å²) < 4.78 is 5.06. The molecule has 5 nitrogen and oxygen atoms in total. The van der Waals surface area contributed by atoms with E-state index in [1.54, 1.807) is 31.2 Å². The number of aryl methyl sites for hydroxylation is 1. The van der Waals surface area contributed by atoms with E-state index in [0.29, 0.717) is 16.8 Å². The van der Waals surface area contributed by atoms with Crippen LogP contribution in [0.15, 0.2) is 34.9 Å². The molecule has 1 aromatic heterocycles. The number of aromatic nitrogens is 1. The fourth-order valence-electron chi connectivity index (χ4n) is 1.50. The molecule has 0 aliphatic rings. The first-order chi connectivity index (χ1) is 9.20. The average molecular weight is 256 g/mol. The zero-order valence-electron chi connectivity index (χ0n) is 10.3. The summed E-state index contributed by atoms with van der Waals surface area (Å²) in [5, 5.41) is 11.2. The van der Waals surface area contributed by atoms with Gasteiger partial charge in [0.1, 0.15) is 12.9 Å². The van der Waals surface area contributed by atoms with Crippen LogP contribution in [0.2, 0.25) is 0 Å². The van der Waals surface area contributed by atoms with E-state index >= 15 is 0 Å². The second-order valence-corrected chi connectivity index (χ2v) is 3.75. The van der Waals surface area contributed by atoms with E-state index in [0.717, 1.165) is 0 Å². The van der Waals surface area contributed by atoms with Gasteiger partial charge in [0.15, 0.2) is 0 Å². The Bertz CT molecular complexity index is 650. The number of hydrogen-bond acceptors (Lipinski definition) is 4. The number of benzene rings is 1. The van der Waals surface area contributed by atoms with Crippen molar-refractivity contribution >= 4 is 11.9 Å². The molecule has 0 radical (unpaired) electrons. The van der Waals surface area contributed by atoms with Crippen LogP contribution in [0, 0.1) is 18.8 Å². The van der Waals surface area contributed by atoms with Crippen LogP contribution in [0.5, 0.6) is 0 Å². The summed E-state index contributed by atoms with van der Waals surface area (Å²) >= 11 is 0. The summed E-state index contributed by atoms with van der Waals surface area (Å²) in [6.45, 7) is 1.51. The van der Waals surface area contributed by atoms with Crippen molar-refractivity contribution in [2.75, 3.05) is 11.9 Å². The largest absolute Gasteiger partial charge is 0.432 e. The maximum Gasteiger partial charge on any atom is 0.301 e. The lowest BCUT2D eigenvalue weighted by Crippen LogP contribution is -2.13. The third kappa shape index (κ3) is 3.21. The fourth-order valence-corrected chi connectivity index (χ4v) is 1.50. The van der Waals surface area contributed by atoms with Gasteiger partial charge in [-0.05, 0) is 19.1 Å². The van der Waals surface area contributed by atoms with Gasteiger partial charge in [0, 0.05) is 5.56 Å². The molecule has 1 amide bonds. The number of oxazole rings is 1. The maximum atomic E-state index is 12.1. The number of aliphatic hydroxyl groups excluding tert-OH is 1. The summed E-state index contributed by atoms with van der Waals surface area (Å²) in [6.07, 6.45) is 1.45. The van der Waals surface area contributed by atoms with Crippen molar-refractivity contribution < 1.29 is 14.3 Å². The standard InChI is InChI=1S/C14H12N2O3/c1-10-9-19-14(15-10)16-13(18)12-7-3-2-5-11(12)6-4-8-17/h2-3,5,7,9,17H,8H2,1H3,(H,15,16,18).